The van der Waals surface area contributed by atoms with Gasteiger partial charge in [0.25, 0.3) is 0 Å². The zero-order valence-corrected chi connectivity index (χ0v) is 23.3. The zero-order valence-electron chi connectivity index (χ0n) is 23.3. The van der Waals surface area contributed by atoms with E-state index in [9.17, 15) is 4.79 Å². The van der Waals surface area contributed by atoms with E-state index in [0.29, 0.717) is 23.2 Å². The number of ether oxygens (including phenoxy) is 1. The molecule has 0 aromatic rings. The van der Waals surface area contributed by atoms with Crippen molar-refractivity contribution in [2.45, 2.75) is 113 Å². The summed E-state index contributed by atoms with van der Waals surface area (Å²) in [6, 6.07) is 0. The van der Waals surface area contributed by atoms with Crippen LogP contribution < -0.4 is 0 Å². The summed E-state index contributed by atoms with van der Waals surface area (Å²) in [4.78, 5) is 11.9. The fraction of sp³-hybridized carbons (Fsp3) is 0.781. The molecule has 0 radical (unpaired) electrons. The lowest BCUT2D eigenvalue weighted by atomic mass is 9.35. The lowest BCUT2D eigenvalue weighted by molar-refractivity contribution is -0.159. The Hall–Kier alpha value is -1.31. The third-order valence-corrected chi connectivity index (χ3v) is 12.5. The van der Waals surface area contributed by atoms with Crippen molar-refractivity contribution in [1.82, 2.24) is 0 Å². The van der Waals surface area contributed by atoms with Crippen molar-refractivity contribution >= 4 is 5.97 Å². The van der Waals surface area contributed by atoms with Crippen LogP contribution in [0.4, 0.5) is 0 Å². The molecule has 0 aliphatic heterocycles. The van der Waals surface area contributed by atoms with Crippen molar-refractivity contribution in [3.63, 3.8) is 0 Å². The second kappa shape index (κ2) is 7.36. The van der Waals surface area contributed by atoms with Crippen molar-refractivity contribution in [3.8, 4) is 0 Å². The molecule has 0 spiro atoms. The van der Waals surface area contributed by atoms with Gasteiger partial charge in [0.2, 0.25) is 0 Å². The first kappa shape index (κ1) is 24.4. The third kappa shape index (κ3) is 2.95. The Bertz CT molecular complexity index is 996. The van der Waals surface area contributed by atoms with E-state index in [0.717, 1.165) is 19.3 Å². The van der Waals surface area contributed by atoms with Gasteiger partial charge in [-0.15, -0.1) is 0 Å². The molecule has 0 bridgehead atoms. The summed E-state index contributed by atoms with van der Waals surface area (Å²) in [5.74, 6) is 1.83. The Morgan fingerprint density at radius 2 is 1.68 bits per heavy atom. The predicted octanol–water partition coefficient (Wildman–Crippen LogP) is 8.44. The first-order valence-electron chi connectivity index (χ1n) is 14.0. The van der Waals surface area contributed by atoms with Crippen molar-refractivity contribution in [1.29, 1.82) is 0 Å². The summed E-state index contributed by atoms with van der Waals surface area (Å²) in [5.41, 5.74) is 5.98. The van der Waals surface area contributed by atoms with Gasteiger partial charge in [-0.05, 0) is 91.3 Å². The van der Waals surface area contributed by atoms with Crippen LogP contribution >= 0.6 is 0 Å². The molecular formula is C32H48O2. The summed E-state index contributed by atoms with van der Waals surface area (Å²) < 4.78 is 5.86. The normalized spacial score (nSPS) is 49.3. The molecular weight excluding hydrogens is 416 g/mol. The predicted molar refractivity (Wildman–Crippen MR) is 140 cm³/mol. The monoisotopic (exact) mass is 464 g/mol. The van der Waals surface area contributed by atoms with Gasteiger partial charge < -0.3 is 4.74 Å². The van der Waals surface area contributed by atoms with E-state index >= 15 is 0 Å². The Labute approximate surface area is 208 Å². The van der Waals surface area contributed by atoms with Gasteiger partial charge in [-0.1, -0.05) is 83.4 Å². The molecule has 5 aliphatic rings. The largest absolute Gasteiger partial charge is 0.462 e. The maximum atomic E-state index is 11.9. The number of hydrogen-bond donors (Lipinski definition) is 0. The molecule has 2 nitrogen and oxygen atoms in total. The van der Waals surface area contributed by atoms with E-state index in [4.69, 9.17) is 4.74 Å². The summed E-state index contributed by atoms with van der Waals surface area (Å²) >= 11 is 0. The van der Waals surface area contributed by atoms with Crippen LogP contribution in [0.15, 0.2) is 34.9 Å². The number of fused-ring (bicyclic) bond motifs is 7. The fourth-order valence-electron chi connectivity index (χ4n) is 10.1. The Balaban J connectivity index is 1.57. The summed E-state index contributed by atoms with van der Waals surface area (Å²) in [6.45, 7) is 21.5. The van der Waals surface area contributed by atoms with Crippen LogP contribution in [0.3, 0.4) is 0 Å². The highest BCUT2D eigenvalue weighted by Gasteiger charge is 2.66. The fourth-order valence-corrected chi connectivity index (χ4v) is 10.1. The summed E-state index contributed by atoms with van der Waals surface area (Å²) in [6.07, 6.45) is 16.2. The van der Waals surface area contributed by atoms with Gasteiger partial charge in [-0.3, -0.25) is 4.79 Å². The van der Waals surface area contributed by atoms with Crippen LogP contribution in [0.25, 0.3) is 0 Å². The molecule has 5 rings (SSSR count). The first-order chi connectivity index (χ1) is 15.7. The van der Waals surface area contributed by atoms with Gasteiger partial charge in [0.1, 0.15) is 6.10 Å². The summed E-state index contributed by atoms with van der Waals surface area (Å²) in [5, 5.41) is 0. The van der Waals surface area contributed by atoms with Gasteiger partial charge in [0, 0.05) is 12.3 Å². The smallest absolute Gasteiger partial charge is 0.302 e. The number of esters is 1. The highest BCUT2D eigenvalue weighted by atomic mass is 16.5. The molecule has 2 saturated carbocycles. The maximum Gasteiger partial charge on any atom is 0.302 e. The molecule has 0 N–H and O–H groups in total. The maximum absolute atomic E-state index is 11.9. The molecule has 188 valence electrons. The van der Waals surface area contributed by atoms with E-state index in [1.54, 1.807) is 23.6 Å². The van der Waals surface area contributed by atoms with Crippen LogP contribution in [0.2, 0.25) is 0 Å². The average Bonchev–Trinajstić information content (AvgIpc) is 2.74. The third-order valence-electron chi connectivity index (χ3n) is 12.5. The number of carbonyl (C=O) groups is 1. The number of allylic oxidation sites excluding steroid dienone is 5. The SMILES string of the molecule is CC(=O)O[C@H]1CC[C@@]2(C)C(=CC[C@]3(C)[C@H]2CC=C2[C@H]4[C@H](C)C(C)=CC[C@]4(C)CC[C@]23C)C1(C)C. The molecule has 0 heterocycles. The van der Waals surface area contributed by atoms with Gasteiger partial charge >= 0.3 is 5.97 Å². The minimum atomic E-state index is -0.142. The van der Waals surface area contributed by atoms with Crippen molar-refractivity contribution < 1.29 is 9.53 Å². The standard InChI is InChI=1S/C32H48O2/c1-20-12-15-29(6)18-19-31(8)23(27(29)21(20)2)10-11-25-30(7)16-14-26(34-22(3)33)28(4,5)24(30)13-17-32(25,31)9/h10,12-13,21,25-27H,11,14-19H2,1-9H3/t21-,25+,26+,27-,29-,30+,31-,32-/m1/s1. The van der Waals surface area contributed by atoms with Crippen LogP contribution in [0.5, 0.6) is 0 Å². The average molecular weight is 465 g/mol. The Morgan fingerprint density at radius 1 is 0.971 bits per heavy atom. The van der Waals surface area contributed by atoms with E-state index in [2.05, 4.69) is 73.6 Å². The van der Waals surface area contributed by atoms with Crippen LogP contribution in [0.1, 0.15) is 107 Å². The molecule has 5 aliphatic carbocycles. The molecule has 0 saturated heterocycles. The molecule has 0 unspecified atom stereocenters. The molecule has 0 amide bonds. The van der Waals surface area contributed by atoms with Gasteiger partial charge in [0.05, 0.1) is 0 Å². The number of hydrogen-bond acceptors (Lipinski definition) is 2. The Kier molecular flexibility index (Phi) is 5.28. The highest BCUT2D eigenvalue weighted by molar-refractivity contribution is 5.66. The minimum Gasteiger partial charge on any atom is -0.462 e. The van der Waals surface area contributed by atoms with E-state index in [1.165, 1.54) is 25.7 Å². The van der Waals surface area contributed by atoms with Gasteiger partial charge in [-0.25, -0.2) is 0 Å². The lowest BCUT2D eigenvalue weighted by Crippen LogP contribution is -2.61. The molecule has 0 aromatic carbocycles. The zero-order chi connectivity index (χ0) is 24.9. The molecule has 2 heteroatoms. The second-order valence-corrected chi connectivity index (χ2v) is 14.4. The molecule has 0 aromatic heterocycles. The minimum absolute atomic E-state index is 0.00722. The molecule has 34 heavy (non-hydrogen) atoms. The van der Waals surface area contributed by atoms with E-state index in [-0.39, 0.29) is 33.7 Å². The second-order valence-electron chi connectivity index (χ2n) is 14.4. The Morgan fingerprint density at radius 3 is 2.35 bits per heavy atom. The van der Waals surface area contributed by atoms with Gasteiger partial charge in [0.15, 0.2) is 0 Å². The molecule has 8 atom stereocenters. The lowest BCUT2D eigenvalue weighted by Gasteiger charge is -2.69. The quantitative estimate of drug-likeness (QED) is 0.287. The van der Waals surface area contributed by atoms with Crippen LogP contribution in [0, 0.1) is 44.8 Å². The summed E-state index contributed by atoms with van der Waals surface area (Å²) in [7, 11) is 0. The van der Waals surface area contributed by atoms with Crippen molar-refractivity contribution in [3.05, 3.63) is 34.9 Å². The van der Waals surface area contributed by atoms with Crippen LogP contribution in [-0.2, 0) is 9.53 Å². The van der Waals surface area contributed by atoms with Crippen molar-refractivity contribution in [2.24, 2.45) is 44.8 Å². The van der Waals surface area contributed by atoms with E-state index in [1.807, 2.05) is 0 Å². The molecule has 2 fully saturated rings. The van der Waals surface area contributed by atoms with Crippen LogP contribution in [-0.4, -0.2) is 12.1 Å². The topological polar surface area (TPSA) is 26.3 Å². The number of rotatable bonds is 1. The van der Waals surface area contributed by atoms with Gasteiger partial charge in [-0.2, -0.15) is 0 Å². The number of carbonyl (C=O) groups excluding carboxylic acids is 1. The van der Waals surface area contributed by atoms with Crippen molar-refractivity contribution in [2.75, 3.05) is 0 Å². The first-order valence-corrected chi connectivity index (χ1v) is 14.0. The highest BCUT2D eigenvalue weighted by Crippen LogP contribution is 2.74. The van der Waals surface area contributed by atoms with E-state index < -0.39 is 0 Å².